The van der Waals surface area contributed by atoms with E-state index in [9.17, 15) is 4.79 Å². The van der Waals surface area contributed by atoms with E-state index in [4.69, 9.17) is 9.47 Å². The van der Waals surface area contributed by atoms with Gasteiger partial charge in [0.2, 0.25) is 0 Å². The van der Waals surface area contributed by atoms with Crippen molar-refractivity contribution in [3.63, 3.8) is 0 Å². The van der Waals surface area contributed by atoms with Gasteiger partial charge in [0.25, 0.3) is 0 Å². The van der Waals surface area contributed by atoms with Crippen LogP contribution in [-0.4, -0.2) is 36.7 Å². The number of hydrogen-bond acceptors (Lipinski definition) is 5. The van der Waals surface area contributed by atoms with Crippen LogP contribution >= 0.6 is 11.3 Å². The van der Waals surface area contributed by atoms with Gasteiger partial charge in [0.15, 0.2) is 0 Å². The van der Waals surface area contributed by atoms with Gasteiger partial charge in [0.05, 0.1) is 19.9 Å². The molecule has 1 aromatic heterocycles. The number of nitrogens with one attached hydrogen (secondary N) is 1. The van der Waals surface area contributed by atoms with Crippen LogP contribution in [0.25, 0.3) is 11.3 Å². The summed E-state index contributed by atoms with van der Waals surface area (Å²) in [5, 5.41) is 0. The largest absolute Gasteiger partial charge is 0.497 e. The molecule has 24 heavy (non-hydrogen) atoms. The molecule has 0 amide bonds. The summed E-state index contributed by atoms with van der Waals surface area (Å²) in [6, 6.07) is 6.20. The zero-order valence-electron chi connectivity index (χ0n) is 14.4. The quantitative estimate of drug-likeness (QED) is 0.899. The van der Waals surface area contributed by atoms with Gasteiger partial charge in [-0.2, -0.15) is 0 Å². The standard InChI is InChI=1S/C18H24N2O3S/c1-12-6-4-5-9-20(12)11-16-17(19-18(21)24-16)14-10-13(22-2)7-8-15(14)23-3/h7-8,10,12H,4-6,9,11H2,1-3H3,(H,19,21). The van der Waals surface area contributed by atoms with E-state index in [-0.39, 0.29) is 4.87 Å². The predicted octanol–water partition coefficient (Wildman–Crippen LogP) is 3.50. The highest BCUT2D eigenvalue weighted by molar-refractivity contribution is 7.09. The molecule has 1 aliphatic rings. The molecule has 0 radical (unpaired) electrons. The van der Waals surface area contributed by atoms with Crippen molar-refractivity contribution in [2.24, 2.45) is 0 Å². The van der Waals surface area contributed by atoms with Gasteiger partial charge in [-0.05, 0) is 44.5 Å². The highest BCUT2D eigenvalue weighted by atomic mass is 32.1. The fourth-order valence-corrected chi connectivity index (χ4v) is 4.15. The van der Waals surface area contributed by atoms with Crippen LogP contribution in [0.4, 0.5) is 0 Å². The third-order valence-electron chi connectivity index (χ3n) is 4.69. The molecule has 2 heterocycles. The lowest BCUT2D eigenvalue weighted by Gasteiger charge is -2.33. The van der Waals surface area contributed by atoms with Gasteiger partial charge in [0, 0.05) is 23.0 Å². The molecule has 0 saturated carbocycles. The van der Waals surface area contributed by atoms with Gasteiger partial charge in [-0.25, -0.2) is 0 Å². The molecule has 0 spiro atoms. The Bertz CT molecular complexity index is 753. The molecule has 2 aromatic rings. The molecule has 1 aliphatic heterocycles. The molecule has 1 unspecified atom stereocenters. The summed E-state index contributed by atoms with van der Waals surface area (Å²) in [7, 11) is 3.28. The Balaban J connectivity index is 1.98. The van der Waals surface area contributed by atoms with Crippen molar-refractivity contribution in [3.05, 3.63) is 32.7 Å². The summed E-state index contributed by atoms with van der Waals surface area (Å²) in [4.78, 5) is 18.5. The van der Waals surface area contributed by atoms with Crippen molar-refractivity contribution in [2.45, 2.75) is 38.8 Å². The van der Waals surface area contributed by atoms with E-state index in [0.717, 1.165) is 40.7 Å². The number of rotatable bonds is 5. The first-order valence-electron chi connectivity index (χ1n) is 8.30. The summed E-state index contributed by atoms with van der Waals surface area (Å²) in [6.45, 7) is 4.14. The van der Waals surface area contributed by atoms with E-state index in [1.165, 1.54) is 30.6 Å². The van der Waals surface area contributed by atoms with Gasteiger partial charge in [-0.1, -0.05) is 17.8 Å². The van der Waals surface area contributed by atoms with E-state index in [2.05, 4.69) is 16.8 Å². The number of thiazole rings is 1. The number of H-pyrrole nitrogens is 1. The Hall–Kier alpha value is -1.79. The molecule has 1 saturated heterocycles. The molecule has 0 bridgehead atoms. The van der Waals surface area contributed by atoms with Crippen LogP contribution in [0, 0.1) is 0 Å². The number of hydrogen-bond donors (Lipinski definition) is 1. The lowest BCUT2D eigenvalue weighted by molar-refractivity contribution is 0.154. The molecule has 1 aromatic carbocycles. The first kappa shape index (κ1) is 17.0. The monoisotopic (exact) mass is 348 g/mol. The van der Waals surface area contributed by atoms with Gasteiger partial charge < -0.3 is 14.5 Å². The second-order valence-electron chi connectivity index (χ2n) is 6.19. The van der Waals surface area contributed by atoms with Gasteiger partial charge >= 0.3 is 4.87 Å². The van der Waals surface area contributed by atoms with Crippen LogP contribution < -0.4 is 14.3 Å². The number of aromatic nitrogens is 1. The van der Waals surface area contributed by atoms with Crippen LogP contribution in [0.5, 0.6) is 11.5 Å². The van der Waals surface area contributed by atoms with Crippen LogP contribution in [-0.2, 0) is 6.54 Å². The highest BCUT2D eigenvalue weighted by Crippen LogP contribution is 2.35. The lowest BCUT2D eigenvalue weighted by Crippen LogP contribution is -2.36. The van der Waals surface area contributed by atoms with Crippen molar-refractivity contribution < 1.29 is 9.47 Å². The SMILES string of the molecule is COc1ccc(OC)c(-c2[nH]c(=O)sc2CN2CCCCC2C)c1. The first-order valence-corrected chi connectivity index (χ1v) is 9.12. The summed E-state index contributed by atoms with van der Waals surface area (Å²) < 4.78 is 10.8. The number of ether oxygens (including phenoxy) is 2. The maximum Gasteiger partial charge on any atom is 0.305 e. The van der Waals surface area contributed by atoms with E-state index in [1.807, 2.05) is 18.2 Å². The second-order valence-corrected chi connectivity index (χ2v) is 7.26. The average molecular weight is 348 g/mol. The fraction of sp³-hybridized carbons (Fsp3) is 0.500. The zero-order valence-corrected chi connectivity index (χ0v) is 15.2. The number of methoxy groups -OCH3 is 2. The first-order chi connectivity index (χ1) is 11.6. The average Bonchev–Trinajstić information content (AvgIpc) is 2.96. The Morgan fingerprint density at radius 2 is 2.12 bits per heavy atom. The normalized spacial score (nSPS) is 18.5. The molecule has 1 fully saturated rings. The molecule has 6 heteroatoms. The number of aromatic amines is 1. The zero-order chi connectivity index (χ0) is 17.1. The minimum Gasteiger partial charge on any atom is -0.497 e. The van der Waals surface area contributed by atoms with Crippen LogP contribution in [0.2, 0.25) is 0 Å². The number of piperidine rings is 1. The molecular weight excluding hydrogens is 324 g/mol. The maximum absolute atomic E-state index is 12.0. The van der Waals surface area contributed by atoms with E-state index in [0.29, 0.717) is 6.04 Å². The summed E-state index contributed by atoms with van der Waals surface area (Å²) >= 11 is 1.29. The number of likely N-dealkylation sites (tertiary alicyclic amines) is 1. The molecule has 5 nitrogen and oxygen atoms in total. The van der Waals surface area contributed by atoms with E-state index in [1.54, 1.807) is 14.2 Å². The van der Waals surface area contributed by atoms with E-state index >= 15 is 0 Å². The number of benzene rings is 1. The summed E-state index contributed by atoms with van der Waals surface area (Å²) in [6.07, 6.45) is 3.73. The molecule has 1 atom stereocenters. The van der Waals surface area contributed by atoms with Crippen molar-refractivity contribution in [2.75, 3.05) is 20.8 Å². The van der Waals surface area contributed by atoms with Crippen molar-refractivity contribution in [1.29, 1.82) is 0 Å². The third kappa shape index (κ3) is 3.49. The minimum atomic E-state index is -0.0328. The Labute approximate surface area is 146 Å². The molecule has 130 valence electrons. The Morgan fingerprint density at radius 3 is 2.83 bits per heavy atom. The van der Waals surface area contributed by atoms with Crippen molar-refractivity contribution in [3.8, 4) is 22.8 Å². The molecular formula is C18H24N2O3S. The third-order valence-corrected chi connectivity index (χ3v) is 5.55. The predicted molar refractivity (Wildman–Crippen MR) is 97.2 cm³/mol. The van der Waals surface area contributed by atoms with Crippen molar-refractivity contribution in [1.82, 2.24) is 9.88 Å². The smallest absolute Gasteiger partial charge is 0.305 e. The van der Waals surface area contributed by atoms with Crippen LogP contribution in [0.15, 0.2) is 23.0 Å². The highest BCUT2D eigenvalue weighted by Gasteiger charge is 2.22. The van der Waals surface area contributed by atoms with Crippen molar-refractivity contribution >= 4 is 11.3 Å². The molecule has 3 rings (SSSR count). The van der Waals surface area contributed by atoms with Crippen LogP contribution in [0.3, 0.4) is 0 Å². The fourth-order valence-electron chi connectivity index (χ4n) is 3.28. The van der Waals surface area contributed by atoms with Gasteiger partial charge in [0.1, 0.15) is 11.5 Å². The van der Waals surface area contributed by atoms with E-state index < -0.39 is 0 Å². The lowest BCUT2D eigenvalue weighted by atomic mass is 10.0. The minimum absolute atomic E-state index is 0.0328. The van der Waals surface area contributed by atoms with Crippen LogP contribution in [0.1, 0.15) is 31.1 Å². The Morgan fingerprint density at radius 1 is 1.29 bits per heavy atom. The maximum atomic E-state index is 12.0. The number of nitrogens with zero attached hydrogens (tertiary/aromatic N) is 1. The summed E-state index contributed by atoms with van der Waals surface area (Å²) in [5.41, 5.74) is 1.72. The molecule has 0 aliphatic carbocycles. The second kappa shape index (κ2) is 7.40. The summed E-state index contributed by atoms with van der Waals surface area (Å²) in [5.74, 6) is 1.48. The van der Waals surface area contributed by atoms with Gasteiger partial charge in [-0.3, -0.25) is 9.69 Å². The Kier molecular flexibility index (Phi) is 5.26. The van der Waals surface area contributed by atoms with Gasteiger partial charge in [-0.15, -0.1) is 0 Å². The molecule has 1 N–H and O–H groups in total. The topological polar surface area (TPSA) is 54.6 Å².